The molecule has 12 heteroatoms. The Bertz CT molecular complexity index is 1250. The Morgan fingerprint density at radius 1 is 1.23 bits per heavy atom. The van der Waals surface area contributed by atoms with E-state index in [0.717, 1.165) is 50.3 Å². The van der Waals surface area contributed by atoms with E-state index in [0.29, 0.717) is 17.2 Å². The molecule has 3 aliphatic rings. The number of nitrogens with two attached hydrogens (primary N) is 1. The molecule has 3 N–H and O–H groups in total. The van der Waals surface area contributed by atoms with Crippen LogP contribution in [-0.4, -0.2) is 52.9 Å². The fourth-order valence-electron chi connectivity index (χ4n) is 4.25. The highest BCUT2D eigenvalue weighted by atomic mass is 32.2. The van der Waals surface area contributed by atoms with Gasteiger partial charge in [-0.15, -0.1) is 0 Å². The van der Waals surface area contributed by atoms with E-state index in [-0.39, 0.29) is 0 Å². The number of nitriles is 1. The van der Waals surface area contributed by atoms with E-state index < -0.39 is 12.1 Å². The average molecular weight is 523 g/mol. The van der Waals surface area contributed by atoms with Crippen molar-refractivity contribution in [2.24, 2.45) is 5.92 Å². The molecule has 6 rings (SSSR count). The van der Waals surface area contributed by atoms with Crippen LogP contribution in [0.1, 0.15) is 12.8 Å². The number of fused-ring (bicyclic) bond motifs is 4. The lowest BCUT2D eigenvalue weighted by Gasteiger charge is -2.44. The van der Waals surface area contributed by atoms with Crippen LogP contribution in [-0.2, 0) is 4.79 Å². The van der Waals surface area contributed by atoms with Gasteiger partial charge in [0.2, 0.25) is 0 Å². The van der Waals surface area contributed by atoms with Gasteiger partial charge in [0.05, 0.1) is 15.1 Å². The lowest BCUT2D eigenvalue weighted by Crippen LogP contribution is -2.52. The number of aromatic nitrogens is 1. The van der Waals surface area contributed by atoms with E-state index in [2.05, 4.69) is 45.6 Å². The molecule has 0 amide bonds. The maximum Gasteiger partial charge on any atom is 0.490 e. The summed E-state index contributed by atoms with van der Waals surface area (Å²) in [6, 6.07) is 12.4. The van der Waals surface area contributed by atoms with E-state index in [4.69, 9.17) is 25.6 Å². The van der Waals surface area contributed by atoms with Crippen molar-refractivity contribution < 1.29 is 27.8 Å². The molecule has 2 bridgehead atoms. The third-order valence-electron chi connectivity index (χ3n) is 5.95. The highest BCUT2D eigenvalue weighted by Crippen LogP contribution is 2.37. The van der Waals surface area contributed by atoms with Crippen LogP contribution >= 0.6 is 23.1 Å². The number of hydrogen-bond donors (Lipinski definition) is 2. The molecule has 184 valence electrons. The van der Waals surface area contributed by atoms with Gasteiger partial charge in [0.25, 0.3) is 0 Å². The SMILES string of the molecule is N#CSc1cc(-c2ccc(O[C@H]3CN4CCC3CC4)cc2)cc2sc(N)nc12.O=C(O)C(F)(F)F. The number of alkyl halides is 3. The Morgan fingerprint density at radius 2 is 1.89 bits per heavy atom. The van der Waals surface area contributed by atoms with Crippen LogP contribution in [0.15, 0.2) is 41.3 Å². The number of thiocyanates is 1. The molecule has 0 unspecified atom stereocenters. The number of benzene rings is 2. The van der Waals surface area contributed by atoms with Crippen LogP contribution in [0.4, 0.5) is 18.3 Å². The molecular formula is C23H21F3N4O3S2. The third-order valence-corrected chi connectivity index (χ3v) is 7.40. The smallest absolute Gasteiger partial charge is 0.489 e. The van der Waals surface area contributed by atoms with E-state index in [1.54, 1.807) is 0 Å². The number of piperidine rings is 3. The molecule has 35 heavy (non-hydrogen) atoms. The highest BCUT2D eigenvalue weighted by Gasteiger charge is 2.38. The molecular weight excluding hydrogens is 501 g/mol. The Labute approximate surface area is 207 Å². The Hall–Kier alpha value is -3.01. The number of halogens is 3. The predicted molar refractivity (Wildman–Crippen MR) is 128 cm³/mol. The monoisotopic (exact) mass is 522 g/mol. The molecule has 1 aromatic heterocycles. The van der Waals surface area contributed by atoms with Crippen molar-refractivity contribution in [1.29, 1.82) is 5.26 Å². The Balaban J connectivity index is 0.000000364. The molecule has 3 fully saturated rings. The lowest BCUT2D eigenvalue weighted by atomic mass is 9.86. The fourth-order valence-corrected chi connectivity index (χ4v) is 5.66. The largest absolute Gasteiger partial charge is 0.490 e. The minimum Gasteiger partial charge on any atom is -0.489 e. The second-order valence-electron chi connectivity index (χ2n) is 8.19. The van der Waals surface area contributed by atoms with Crippen molar-refractivity contribution in [2.45, 2.75) is 30.0 Å². The standard InChI is InChI=1S/C21H20N4OS2.C2HF3O2/c22-12-27-18-9-15(10-19-20(18)24-21(23)28-19)13-1-3-16(4-2-13)26-17-11-25-7-5-14(17)6-8-25;3-2(4,5)1(6)7/h1-4,9-10,14,17H,5-8,11H2,(H2,23,24);(H,6,7)/t17-;/m0./s1. The highest BCUT2D eigenvalue weighted by molar-refractivity contribution is 8.04. The molecule has 3 aromatic rings. The number of aliphatic carboxylic acids is 1. The summed E-state index contributed by atoms with van der Waals surface area (Å²) in [5.41, 5.74) is 8.83. The minimum absolute atomic E-state index is 0.309. The van der Waals surface area contributed by atoms with Gasteiger partial charge in [-0.1, -0.05) is 23.5 Å². The van der Waals surface area contributed by atoms with Gasteiger partial charge in [0, 0.05) is 6.54 Å². The van der Waals surface area contributed by atoms with Gasteiger partial charge < -0.3 is 15.6 Å². The third kappa shape index (κ3) is 5.98. The van der Waals surface area contributed by atoms with Crippen molar-refractivity contribution >= 4 is 44.4 Å². The number of anilines is 1. The van der Waals surface area contributed by atoms with Crippen LogP contribution in [0.2, 0.25) is 0 Å². The number of nitrogens with zero attached hydrogens (tertiary/aromatic N) is 3. The van der Waals surface area contributed by atoms with Gasteiger partial charge in [0.15, 0.2) is 5.13 Å². The number of rotatable bonds is 4. The number of thioether (sulfide) groups is 1. The van der Waals surface area contributed by atoms with Gasteiger partial charge in [-0.2, -0.15) is 18.4 Å². The predicted octanol–water partition coefficient (Wildman–Crippen LogP) is 5.22. The number of carbonyl (C=O) groups is 1. The molecule has 2 aromatic carbocycles. The number of carboxylic acid groups (broad SMARTS) is 1. The Morgan fingerprint density at radius 3 is 2.43 bits per heavy atom. The number of carboxylic acids is 1. The summed E-state index contributed by atoms with van der Waals surface area (Å²) < 4.78 is 39.0. The van der Waals surface area contributed by atoms with Crippen LogP contribution in [0, 0.1) is 16.6 Å². The first-order valence-corrected chi connectivity index (χ1v) is 12.3. The molecule has 7 nitrogen and oxygen atoms in total. The minimum atomic E-state index is -5.08. The topological polar surface area (TPSA) is 112 Å². The molecule has 1 atom stereocenters. The van der Waals surface area contributed by atoms with Gasteiger partial charge in [-0.3, -0.25) is 4.90 Å². The van der Waals surface area contributed by atoms with Gasteiger partial charge >= 0.3 is 12.1 Å². The summed E-state index contributed by atoms with van der Waals surface area (Å²) in [6.45, 7) is 3.48. The fraction of sp³-hybridized carbons (Fsp3) is 0.348. The van der Waals surface area contributed by atoms with Crippen molar-refractivity contribution in [3.63, 3.8) is 0 Å². The summed E-state index contributed by atoms with van der Waals surface area (Å²) >= 11 is 2.57. The van der Waals surface area contributed by atoms with Gasteiger partial charge in [-0.25, -0.2) is 9.78 Å². The van der Waals surface area contributed by atoms with Crippen molar-refractivity contribution in [2.75, 3.05) is 25.4 Å². The lowest BCUT2D eigenvalue weighted by molar-refractivity contribution is -0.192. The van der Waals surface area contributed by atoms with Crippen LogP contribution in [0.5, 0.6) is 5.75 Å². The van der Waals surface area contributed by atoms with Crippen molar-refractivity contribution in [3.05, 3.63) is 36.4 Å². The molecule has 3 saturated heterocycles. The molecule has 0 aliphatic carbocycles. The first-order chi connectivity index (χ1) is 16.6. The Kier molecular flexibility index (Phi) is 7.39. The number of hydrogen-bond acceptors (Lipinski definition) is 8. The zero-order valence-corrected chi connectivity index (χ0v) is 19.9. The van der Waals surface area contributed by atoms with Crippen LogP contribution in [0.25, 0.3) is 21.3 Å². The molecule has 0 spiro atoms. The van der Waals surface area contributed by atoms with Crippen LogP contribution < -0.4 is 10.5 Å². The summed E-state index contributed by atoms with van der Waals surface area (Å²) in [5, 5.41) is 18.9. The molecule has 0 saturated carbocycles. The van der Waals surface area contributed by atoms with E-state index in [9.17, 15) is 13.2 Å². The number of thiazole rings is 1. The normalized spacial score (nSPS) is 21.1. The summed E-state index contributed by atoms with van der Waals surface area (Å²) in [7, 11) is 0. The van der Waals surface area contributed by atoms with Crippen LogP contribution in [0.3, 0.4) is 0 Å². The summed E-state index contributed by atoms with van der Waals surface area (Å²) in [5.74, 6) is -1.14. The van der Waals surface area contributed by atoms with Crippen molar-refractivity contribution in [3.8, 4) is 22.3 Å². The second kappa shape index (κ2) is 10.3. The first kappa shape index (κ1) is 25.1. The zero-order valence-electron chi connectivity index (χ0n) is 18.3. The second-order valence-corrected chi connectivity index (χ2v) is 10.1. The zero-order chi connectivity index (χ0) is 25.2. The van der Waals surface area contributed by atoms with E-state index >= 15 is 0 Å². The van der Waals surface area contributed by atoms with E-state index in [1.165, 1.54) is 37.3 Å². The first-order valence-electron chi connectivity index (χ1n) is 10.7. The number of nitrogen functional groups attached to an aromatic ring is 1. The van der Waals surface area contributed by atoms with Gasteiger partial charge in [0.1, 0.15) is 17.3 Å². The van der Waals surface area contributed by atoms with Gasteiger partial charge in [-0.05, 0) is 79.0 Å². The summed E-state index contributed by atoms with van der Waals surface area (Å²) in [6.07, 6.45) is -2.27. The summed E-state index contributed by atoms with van der Waals surface area (Å²) in [4.78, 5) is 16.6. The molecule has 0 radical (unpaired) electrons. The maximum atomic E-state index is 10.6. The maximum absolute atomic E-state index is 10.6. The van der Waals surface area contributed by atoms with Crippen molar-refractivity contribution in [1.82, 2.24) is 9.88 Å². The van der Waals surface area contributed by atoms with E-state index in [1.807, 2.05) is 6.07 Å². The molecule has 4 heterocycles. The average Bonchev–Trinajstić information content (AvgIpc) is 3.21. The number of ether oxygens (including phenoxy) is 1. The quantitative estimate of drug-likeness (QED) is 0.354. The molecule has 3 aliphatic heterocycles.